The first-order chi connectivity index (χ1) is 6.25. The molecule has 0 bridgehead atoms. The van der Waals surface area contributed by atoms with Crippen LogP contribution in [0.4, 0.5) is 0 Å². The molecule has 4 nitrogen and oxygen atoms in total. The number of imide groups is 1. The summed E-state index contributed by atoms with van der Waals surface area (Å²) in [5.41, 5.74) is 0. The standard InChI is InChI=1S/C9H13NO3/c11-5-10-8(12)6-3-1-2-4-7(6)9(10)13/h6-7,11H,1-5H2. The SMILES string of the molecule is O=C1C2CCCCC2C(=O)N1CO. The summed E-state index contributed by atoms with van der Waals surface area (Å²) in [6.07, 6.45) is 3.68. The molecule has 2 fully saturated rings. The molecule has 4 heteroatoms. The average Bonchev–Trinajstić information content (AvgIpc) is 2.41. The highest BCUT2D eigenvalue weighted by atomic mass is 16.3. The van der Waals surface area contributed by atoms with Gasteiger partial charge in [0.25, 0.3) is 0 Å². The zero-order chi connectivity index (χ0) is 9.42. The Morgan fingerprint density at radius 2 is 1.62 bits per heavy atom. The fourth-order valence-electron chi connectivity index (χ4n) is 2.37. The van der Waals surface area contributed by atoms with Gasteiger partial charge in [0, 0.05) is 0 Å². The molecule has 1 aliphatic carbocycles. The number of rotatable bonds is 1. The number of amides is 2. The summed E-state index contributed by atoms with van der Waals surface area (Å²) in [7, 11) is 0. The van der Waals surface area contributed by atoms with Gasteiger partial charge in [0.15, 0.2) is 0 Å². The summed E-state index contributed by atoms with van der Waals surface area (Å²) in [5.74, 6) is -0.601. The Kier molecular flexibility index (Phi) is 2.07. The highest BCUT2D eigenvalue weighted by Gasteiger charge is 2.47. The van der Waals surface area contributed by atoms with Gasteiger partial charge in [-0.25, -0.2) is 0 Å². The second-order valence-corrected chi connectivity index (χ2v) is 3.74. The number of likely N-dealkylation sites (tertiary alicyclic amines) is 1. The Hall–Kier alpha value is -0.900. The second-order valence-electron chi connectivity index (χ2n) is 3.74. The van der Waals surface area contributed by atoms with E-state index in [-0.39, 0.29) is 23.7 Å². The third-order valence-electron chi connectivity index (χ3n) is 3.07. The van der Waals surface area contributed by atoms with Crippen molar-refractivity contribution in [3.05, 3.63) is 0 Å². The van der Waals surface area contributed by atoms with Crippen molar-refractivity contribution < 1.29 is 14.7 Å². The first-order valence-electron chi connectivity index (χ1n) is 4.72. The lowest BCUT2D eigenvalue weighted by Gasteiger charge is -2.19. The van der Waals surface area contributed by atoms with Gasteiger partial charge in [0.05, 0.1) is 11.8 Å². The van der Waals surface area contributed by atoms with Crippen LogP contribution in [0.1, 0.15) is 25.7 Å². The van der Waals surface area contributed by atoms with Crippen LogP contribution in [0.2, 0.25) is 0 Å². The van der Waals surface area contributed by atoms with E-state index >= 15 is 0 Å². The lowest BCUT2D eigenvalue weighted by atomic mass is 9.81. The molecule has 13 heavy (non-hydrogen) atoms. The number of nitrogens with zero attached hydrogens (tertiary/aromatic N) is 1. The molecule has 72 valence electrons. The van der Waals surface area contributed by atoms with E-state index in [1.165, 1.54) is 0 Å². The molecule has 0 spiro atoms. The van der Waals surface area contributed by atoms with E-state index in [9.17, 15) is 9.59 Å². The van der Waals surface area contributed by atoms with E-state index in [4.69, 9.17) is 5.11 Å². The fourth-order valence-corrected chi connectivity index (χ4v) is 2.37. The maximum absolute atomic E-state index is 11.5. The van der Waals surface area contributed by atoms with Gasteiger partial charge in [-0.1, -0.05) is 12.8 Å². The Balaban J connectivity index is 2.22. The van der Waals surface area contributed by atoms with Gasteiger partial charge in [-0.05, 0) is 12.8 Å². The smallest absolute Gasteiger partial charge is 0.234 e. The lowest BCUT2D eigenvalue weighted by molar-refractivity contribution is -0.143. The molecule has 1 N–H and O–H groups in total. The minimum atomic E-state index is -0.454. The predicted molar refractivity (Wildman–Crippen MR) is 44.4 cm³/mol. The lowest BCUT2D eigenvalue weighted by Crippen LogP contribution is -2.31. The Morgan fingerprint density at radius 3 is 2.00 bits per heavy atom. The number of hydrogen-bond acceptors (Lipinski definition) is 3. The molecule has 1 saturated carbocycles. The van der Waals surface area contributed by atoms with Gasteiger partial charge < -0.3 is 5.11 Å². The summed E-state index contributed by atoms with van der Waals surface area (Å²) in [5, 5.41) is 8.84. The Bertz CT molecular complexity index is 227. The fraction of sp³-hybridized carbons (Fsp3) is 0.778. The number of carbonyl (C=O) groups excluding carboxylic acids is 2. The molecule has 2 rings (SSSR count). The largest absolute Gasteiger partial charge is 0.376 e. The minimum Gasteiger partial charge on any atom is -0.376 e. The van der Waals surface area contributed by atoms with Crippen LogP contribution in [-0.4, -0.2) is 28.6 Å². The third kappa shape index (κ3) is 1.16. The maximum atomic E-state index is 11.5. The summed E-state index contributed by atoms with van der Waals surface area (Å²) < 4.78 is 0. The van der Waals surface area contributed by atoms with Crippen LogP contribution in [-0.2, 0) is 9.59 Å². The molecule has 1 saturated heterocycles. The molecule has 1 heterocycles. The molecule has 0 aromatic rings. The second kappa shape index (κ2) is 3.10. The van der Waals surface area contributed by atoms with Crippen LogP contribution in [0.15, 0.2) is 0 Å². The summed E-state index contributed by atoms with van der Waals surface area (Å²) in [6.45, 7) is -0.454. The molecule has 0 aromatic heterocycles. The van der Waals surface area contributed by atoms with Crippen molar-refractivity contribution in [3.8, 4) is 0 Å². The van der Waals surface area contributed by atoms with E-state index < -0.39 is 6.73 Å². The molecule has 2 unspecified atom stereocenters. The van der Waals surface area contributed by atoms with Crippen molar-refractivity contribution >= 4 is 11.8 Å². The first-order valence-corrected chi connectivity index (χ1v) is 4.72. The van der Waals surface area contributed by atoms with Crippen LogP contribution in [0.5, 0.6) is 0 Å². The molecular weight excluding hydrogens is 170 g/mol. The highest BCUT2D eigenvalue weighted by molar-refractivity contribution is 6.05. The van der Waals surface area contributed by atoms with E-state index in [1.54, 1.807) is 0 Å². The van der Waals surface area contributed by atoms with E-state index in [2.05, 4.69) is 0 Å². The van der Waals surface area contributed by atoms with Crippen LogP contribution < -0.4 is 0 Å². The number of aliphatic hydroxyl groups is 1. The molecule has 0 radical (unpaired) electrons. The molecule has 2 atom stereocenters. The van der Waals surface area contributed by atoms with E-state index in [1.807, 2.05) is 0 Å². The van der Waals surface area contributed by atoms with E-state index in [0.717, 1.165) is 30.6 Å². The Morgan fingerprint density at radius 1 is 1.15 bits per heavy atom. The van der Waals surface area contributed by atoms with Gasteiger partial charge in [0.2, 0.25) is 11.8 Å². The topological polar surface area (TPSA) is 57.6 Å². The average molecular weight is 183 g/mol. The first kappa shape index (κ1) is 8.69. The molecule has 1 aliphatic heterocycles. The van der Waals surface area contributed by atoms with Gasteiger partial charge in [-0.15, -0.1) is 0 Å². The summed E-state index contributed by atoms with van der Waals surface area (Å²) >= 11 is 0. The van der Waals surface area contributed by atoms with Crippen molar-refractivity contribution in [1.29, 1.82) is 0 Å². The summed E-state index contributed by atoms with van der Waals surface area (Å²) in [4.78, 5) is 24.0. The van der Waals surface area contributed by atoms with Gasteiger partial charge in [-0.2, -0.15) is 0 Å². The third-order valence-corrected chi connectivity index (χ3v) is 3.07. The molecule has 2 aliphatic rings. The summed E-state index contributed by atoms with van der Waals surface area (Å²) in [6, 6.07) is 0. The quantitative estimate of drug-likeness (QED) is 0.587. The van der Waals surface area contributed by atoms with Crippen molar-refractivity contribution in [2.75, 3.05) is 6.73 Å². The van der Waals surface area contributed by atoms with Crippen molar-refractivity contribution in [2.45, 2.75) is 25.7 Å². The van der Waals surface area contributed by atoms with Crippen molar-refractivity contribution in [2.24, 2.45) is 11.8 Å². The van der Waals surface area contributed by atoms with Gasteiger partial charge >= 0.3 is 0 Å². The Labute approximate surface area is 76.5 Å². The monoisotopic (exact) mass is 183 g/mol. The highest BCUT2D eigenvalue weighted by Crippen LogP contribution is 2.37. The molecule has 2 amide bonds. The van der Waals surface area contributed by atoms with Crippen LogP contribution >= 0.6 is 0 Å². The number of fused-ring (bicyclic) bond motifs is 1. The minimum absolute atomic E-state index is 0.131. The normalized spacial score (nSPS) is 33.8. The zero-order valence-electron chi connectivity index (χ0n) is 7.40. The number of carbonyl (C=O) groups is 2. The van der Waals surface area contributed by atoms with E-state index in [0.29, 0.717) is 0 Å². The van der Waals surface area contributed by atoms with Gasteiger partial charge in [-0.3, -0.25) is 14.5 Å². The zero-order valence-corrected chi connectivity index (χ0v) is 7.40. The van der Waals surface area contributed by atoms with Crippen molar-refractivity contribution in [1.82, 2.24) is 4.90 Å². The number of aliphatic hydroxyl groups excluding tert-OH is 1. The molecule has 0 aromatic carbocycles. The van der Waals surface area contributed by atoms with Gasteiger partial charge in [0.1, 0.15) is 6.73 Å². The molecular formula is C9H13NO3. The van der Waals surface area contributed by atoms with Crippen LogP contribution in [0.3, 0.4) is 0 Å². The van der Waals surface area contributed by atoms with Crippen molar-refractivity contribution in [3.63, 3.8) is 0 Å². The predicted octanol–water partition coefficient (Wildman–Crippen LogP) is 0.111. The maximum Gasteiger partial charge on any atom is 0.234 e. The van der Waals surface area contributed by atoms with Crippen LogP contribution in [0.25, 0.3) is 0 Å². The van der Waals surface area contributed by atoms with Crippen LogP contribution in [0, 0.1) is 11.8 Å². The number of hydrogen-bond donors (Lipinski definition) is 1.